The Morgan fingerprint density at radius 2 is 1.96 bits per heavy atom. The molecule has 2 N–H and O–H groups in total. The SMILES string of the molecule is c1ccc(Nc2nn(CCCN3CCOCC3)c3c2CNCC3)cc1. The van der Waals surface area contributed by atoms with Crippen molar-refractivity contribution in [2.24, 2.45) is 0 Å². The Labute approximate surface area is 149 Å². The third-order valence-corrected chi connectivity index (χ3v) is 4.99. The Kier molecular flexibility index (Phi) is 5.30. The van der Waals surface area contributed by atoms with E-state index in [0.29, 0.717) is 0 Å². The van der Waals surface area contributed by atoms with Crippen molar-refractivity contribution in [1.82, 2.24) is 20.0 Å². The maximum Gasteiger partial charge on any atom is 0.157 e. The smallest absolute Gasteiger partial charge is 0.157 e. The monoisotopic (exact) mass is 341 g/mol. The van der Waals surface area contributed by atoms with Crippen LogP contribution in [0.25, 0.3) is 0 Å². The van der Waals surface area contributed by atoms with Crippen molar-refractivity contribution in [3.05, 3.63) is 41.6 Å². The van der Waals surface area contributed by atoms with Crippen LogP contribution in [0.3, 0.4) is 0 Å². The van der Waals surface area contributed by atoms with Crippen LogP contribution in [0.1, 0.15) is 17.7 Å². The topological polar surface area (TPSA) is 54.4 Å². The van der Waals surface area contributed by atoms with Crippen LogP contribution >= 0.6 is 0 Å². The second-order valence-corrected chi connectivity index (χ2v) is 6.72. The summed E-state index contributed by atoms with van der Waals surface area (Å²) in [6.07, 6.45) is 2.18. The average Bonchev–Trinajstić information content (AvgIpc) is 3.01. The van der Waals surface area contributed by atoms with Gasteiger partial charge in [-0.3, -0.25) is 9.58 Å². The van der Waals surface area contributed by atoms with Crippen LogP contribution in [-0.4, -0.2) is 54.1 Å². The van der Waals surface area contributed by atoms with Gasteiger partial charge in [-0.05, 0) is 18.6 Å². The van der Waals surface area contributed by atoms with Gasteiger partial charge in [-0.25, -0.2) is 0 Å². The van der Waals surface area contributed by atoms with E-state index in [9.17, 15) is 0 Å². The van der Waals surface area contributed by atoms with Crippen molar-refractivity contribution in [2.45, 2.75) is 25.9 Å². The van der Waals surface area contributed by atoms with Gasteiger partial charge in [-0.15, -0.1) is 0 Å². The van der Waals surface area contributed by atoms with E-state index in [-0.39, 0.29) is 0 Å². The summed E-state index contributed by atoms with van der Waals surface area (Å²) >= 11 is 0. The van der Waals surface area contributed by atoms with Gasteiger partial charge in [0.05, 0.1) is 13.2 Å². The van der Waals surface area contributed by atoms with E-state index in [1.54, 1.807) is 0 Å². The minimum atomic E-state index is 0.869. The highest BCUT2D eigenvalue weighted by molar-refractivity contribution is 5.60. The molecule has 25 heavy (non-hydrogen) atoms. The Bertz CT molecular complexity index is 679. The first-order valence-corrected chi connectivity index (χ1v) is 9.31. The molecule has 0 bridgehead atoms. The summed E-state index contributed by atoms with van der Waals surface area (Å²) in [5, 5.41) is 11.9. The maximum atomic E-state index is 5.42. The standard InChI is InChI=1S/C19H27N5O/c1-2-5-16(6-3-1)21-19-17-15-20-8-7-18(17)24(22-19)10-4-9-23-11-13-25-14-12-23/h1-3,5-6,20H,4,7-15H2,(H,21,22). The second kappa shape index (κ2) is 7.99. The number of anilines is 2. The number of rotatable bonds is 6. The molecule has 0 radical (unpaired) electrons. The number of morpholine rings is 1. The van der Waals surface area contributed by atoms with Gasteiger partial charge in [-0.1, -0.05) is 18.2 Å². The second-order valence-electron chi connectivity index (χ2n) is 6.72. The average molecular weight is 341 g/mol. The van der Waals surface area contributed by atoms with Gasteiger partial charge in [0.2, 0.25) is 0 Å². The zero-order valence-corrected chi connectivity index (χ0v) is 14.7. The first-order chi connectivity index (χ1) is 12.4. The molecule has 0 saturated carbocycles. The zero-order chi connectivity index (χ0) is 16.9. The Balaban J connectivity index is 1.44. The molecule has 134 valence electrons. The molecule has 0 atom stereocenters. The largest absolute Gasteiger partial charge is 0.379 e. The highest BCUT2D eigenvalue weighted by atomic mass is 16.5. The van der Waals surface area contributed by atoms with E-state index in [0.717, 1.165) is 76.8 Å². The third-order valence-electron chi connectivity index (χ3n) is 4.99. The summed E-state index contributed by atoms with van der Waals surface area (Å²) in [5.41, 5.74) is 3.80. The van der Waals surface area contributed by atoms with Crippen molar-refractivity contribution >= 4 is 11.5 Å². The third kappa shape index (κ3) is 4.03. The molecule has 2 aromatic rings. The van der Waals surface area contributed by atoms with Crippen LogP contribution in [0, 0.1) is 0 Å². The summed E-state index contributed by atoms with van der Waals surface area (Å²) < 4.78 is 7.65. The van der Waals surface area contributed by atoms with Gasteiger partial charge >= 0.3 is 0 Å². The molecule has 0 amide bonds. The first-order valence-electron chi connectivity index (χ1n) is 9.31. The number of hydrogen-bond donors (Lipinski definition) is 2. The lowest BCUT2D eigenvalue weighted by atomic mass is 10.1. The summed E-state index contributed by atoms with van der Waals surface area (Å²) in [7, 11) is 0. The van der Waals surface area contributed by atoms with Crippen molar-refractivity contribution in [3.63, 3.8) is 0 Å². The number of para-hydroxylation sites is 1. The van der Waals surface area contributed by atoms with Crippen LogP contribution in [0.4, 0.5) is 11.5 Å². The quantitative estimate of drug-likeness (QED) is 0.842. The number of ether oxygens (including phenoxy) is 1. The number of benzene rings is 1. The molecule has 0 aliphatic carbocycles. The molecule has 6 heteroatoms. The fraction of sp³-hybridized carbons (Fsp3) is 0.526. The number of aryl methyl sites for hydroxylation is 1. The van der Waals surface area contributed by atoms with Crippen LogP contribution in [-0.2, 0) is 24.2 Å². The number of nitrogens with one attached hydrogen (secondary N) is 2. The fourth-order valence-corrected chi connectivity index (χ4v) is 3.63. The zero-order valence-electron chi connectivity index (χ0n) is 14.7. The highest BCUT2D eigenvalue weighted by Crippen LogP contribution is 2.25. The number of hydrogen-bond acceptors (Lipinski definition) is 5. The van der Waals surface area contributed by atoms with E-state index in [2.05, 4.69) is 32.3 Å². The van der Waals surface area contributed by atoms with Crippen molar-refractivity contribution in [2.75, 3.05) is 44.7 Å². The van der Waals surface area contributed by atoms with Crippen LogP contribution < -0.4 is 10.6 Å². The maximum absolute atomic E-state index is 5.42. The summed E-state index contributed by atoms with van der Waals surface area (Å²) in [5.74, 6) is 1.000. The van der Waals surface area contributed by atoms with Gasteiger partial charge in [0.25, 0.3) is 0 Å². The van der Waals surface area contributed by atoms with Crippen LogP contribution in [0.2, 0.25) is 0 Å². The summed E-state index contributed by atoms with van der Waals surface area (Å²) in [4.78, 5) is 2.49. The lowest BCUT2D eigenvalue weighted by molar-refractivity contribution is 0.0368. The van der Waals surface area contributed by atoms with E-state index in [1.807, 2.05) is 18.2 Å². The summed E-state index contributed by atoms with van der Waals surface area (Å²) in [6.45, 7) is 7.89. The Morgan fingerprint density at radius 3 is 2.80 bits per heavy atom. The number of nitrogens with zero attached hydrogens (tertiary/aromatic N) is 3. The molecule has 6 nitrogen and oxygen atoms in total. The predicted octanol–water partition coefficient (Wildman–Crippen LogP) is 1.99. The molecule has 1 aromatic heterocycles. The molecule has 2 aliphatic heterocycles. The van der Waals surface area contributed by atoms with E-state index in [4.69, 9.17) is 9.84 Å². The van der Waals surface area contributed by atoms with Crippen molar-refractivity contribution < 1.29 is 4.74 Å². The first kappa shape index (κ1) is 16.6. The molecule has 0 unspecified atom stereocenters. The van der Waals surface area contributed by atoms with Gasteiger partial charge in [0, 0.05) is 62.6 Å². The van der Waals surface area contributed by atoms with E-state index < -0.39 is 0 Å². The van der Waals surface area contributed by atoms with Crippen molar-refractivity contribution in [1.29, 1.82) is 0 Å². The number of aromatic nitrogens is 2. The fourth-order valence-electron chi connectivity index (χ4n) is 3.63. The molecular weight excluding hydrogens is 314 g/mol. The van der Waals surface area contributed by atoms with Gasteiger partial charge < -0.3 is 15.4 Å². The molecule has 1 aromatic carbocycles. The van der Waals surface area contributed by atoms with E-state index >= 15 is 0 Å². The minimum Gasteiger partial charge on any atom is -0.379 e. The normalized spacial score (nSPS) is 18.1. The van der Waals surface area contributed by atoms with Crippen LogP contribution in [0.5, 0.6) is 0 Å². The molecule has 4 rings (SSSR count). The lowest BCUT2D eigenvalue weighted by Gasteiger charge is -2.26. The number of fused-ring (bicyclic) bond motifs is 1. The Hall–Kier alpha value is -1.89. The molecule has 3 heterocycles. The summed E-state index contributed by atoms with van der Waals surface area (Å²) in [6, 6.07) is 10.3. The van der Waals surface area contributed by atoms with Gasteiger partial charge in [0.15, 0.2) is 5.82 Å². The lowest BCUT2D eigenvalue weighted by Crippen LogP contribution is -2.37. The predicted molar refractivity (Wildman–Crippen MR) is 99.2 cm³/mol. The highest BCUT2D eigenvalue weighted by Gasteiger charge is 2.20. The van der Waals surface area contributed by atoms with Crippen LogP contribution in [0.15, 0.2) is 30.3 Å². The Morgan fingerprint density at radius 1 is 1.12 bits per heavy atom. The molecule has 2 aliphatic rings. The van der Waals surface area contributed by atoms with Gasteiger partial charge in [0.1, 0.15) is 0 Å². The molecular formula is C19H27N5O. The minimum absolute atomic E-state index is 0.869. The van der Waals surface area contributed by atoms with E-state index in [1.165, 1.54) is 11.3 Å². The molecule has 0 spiro atoms. The molecule has 1 saturated heterocycles. The molecule has 1 fully saturated rings. The van der Waals surface area contributed by atoms with Crippen molar-refractivity contribution in [3.8, 4) is 0 Å². The van der Waals surface area contributed by atoms with Gasteiger partial charge in [-0.2, -0.15) is 5.10 Å².